The first-order valence-electron chi connectivity index (χ1n) is 12.5. The number of rotatable bonds is 3. The standard InChI is InChI=1S/C29H21Cl2FN4O3/c1-13-8-15(30)10-18-25(13)34-28(39)29(18)24-23(22(35-29)9-14-12-33-21-5-3-2-4-17(14)21)26(37)36(27(24)38)16-6-7-20(32)19(31)11-16/h2-8,10-12,22-24,33,35H,9H2,1H3,(H,34,39)/t22-,23+,24-,29-/m0/s1. The second-order valence-corrected chi connectivity index (χ2v) is 11.2. The van der Waals surface area contributed by atoms with E-state index in [0.717, 1.165) is 33.0 Å². The van der Waals surface area contributed by atoms with Gasteiger partial charge >= 0.3 is 0 Å². The van der Waals surface area contributed by atoms with Gasteiger partial charge in [-0.25, -0.2) is 9.29 Å². The minimum Gasteiger partial charge on any atom is -0.361 e. The lowest BCUT2D eigenvalue weighted by atomic mass is 9.76. The molecule has 7 nitrogen and oxygen atoms in total. The molecule has 10 heteroatoms. The maximum Gasteiger partial charge on any atom is 0.250 e. The fraction of sp³-hybridized carbons (Fsp3) is 0.207. The molecule has 1 spiro atoms. The Morgan fingerprint density at radius 3 is 2.62 bits per heavy atom. The Morgan fingerprint density at radius 2 is 1.82 bits per heavy atom. The Bertz CT molecular complexity index is 1750. The van der Waals surface area contributed by atoms with Crippen LogP contribution in [-0.4, -0.2) is 28.7 Å². The van der Waals surface area contributed by atoms with Crippen molar-refractivity contribution in [3.05, 3.63) is 93.3 Å². The maximum atomic E-state index is 14.1. The highest BCUT2D eigenvalue weighted by molar-refractivity contribution is 6.32. The third kappa shape index (κ3) is 3.28. The van der Waals surface area contributed by atoms with Crippen molar-refractivity contribution in [1.82, 2.24) is 10.3 Å². The molecule has 4 aromatic rings. The van der Waals surface area contributed by atoms with Crippen molar-refractivity contribution in [3.8, 4) is 0 Å². The normalized spacial score (nSPS) is 25.6. The van der Waals surface area contributed by atoms with Gasteiger partial charge in [0.15, 0.2) is 0 Å². The molecule has 7 rings (SSSR count). The van der Waals surface area contributed by atoms with Crippen LogP contribution in [-0.2, 0) is 26.3 Å². The third-order valence-corrected chi connectivity index (χ3v) is 8.77. The van der Waals surface area contributed by atoms with E-state index in [1.807, 2.05) is 37.4 Å². The summed E-state index contributed by atoms with van der Waals surface area (Å²) in [6.07, 6.45) is 2.26. The fourth-order valence-corrected chi connectivity index (χ4v) is 7.07. The molecular formula is C29H21Cl2FN4O3. The number of halogens is 3. The summed E-state index contributed by atoms with van der Waals surface area (Å²) in [4.78, 5) is 46.3. The number of aromatic nitrogens is 1. The lowest BCUT2D eigenvalue weighted by Crippen LogP contribution is -2.53. The molecule has 3 aliphatic heterocycles. The predicted molar refractivity (Wildman–Crippen MR) is 146 cm³/mol. The van der Waals surface area contributed by atoms with E-state index in [1.165, 1.54) is 12.1 Å². The molecule has 4 atom stereocenters. The minimum absolute atomic E-state index is 0.160. The van der Waals surface area contributed by atoms with Gasteiger partial charge in [-0.2, -0.15) is 0 Å². The lowest BCUT2D eigenvalue weighted by molar-refractivity contribution is -0.130. The summed E-state index contributed by atoms with van der Waals surface area (Å²) in [7, 11) is 0. The van der Waals surface area contributed by atoms with Gasteiger partial charge in [0.05, 0.1) is 22.5 Å². The predicted octanol–water partition coefficient (Wildman–Crippen LogP) is 5.09. The molecule has 0 radical (unpaired) electrons. The van der Waals surface area contributed by atoms with Crippen molar-refractivity contribution < 1.29 is 18.8 Å². The number of anilines is 2. The zero-order valence-corrected chi connectivity index (χ0v) is 22.0. The summed E-state index contributed by atoms with van der Waals surface area (Å²) in [6.45, 7) is 1.83. The van der Waals surface area contributed by atoms with E-state index in [9.17, 15) is 18.8 Å². The number of hydrogen-bond donors (Lipinski definition) is 3. The largest absolute Gasteiger partial charge is 0.361 e. The van der Waals surface area contributed by atoms with Crippen molar-refractivity contribution in [2.75, 3.05) is 10.2 Å². The van der Waals surface area contributed by atoms with E-state index in [4.69, 9.17) is 23.2 Å². The van der Waals surface area contributed by atoms with Crippen LogP contribution in [0.3, 0.4) is 0 Å². The topological polar surface area (TPSA) is 94.3 Å². The van der Waals surface area contributed by atoms with E-state index < -0.39 is 47.0 Å². The first-order valence-corrected chi connectivity index (χ1v) is 13.2. The Hall–Kier alpha value is -3.72. The van der Waals surface area contributed by atoms with E-state index in [-0.39, 0.29) is 10.7 Å². The van der Waals surface area contributed by atoms with Crippen LogP contribution < -0.4 is 15.5 Å². The van der Waals surface area contributed by atoms with E-state index in [0.29, 0.717) is 22.7 Å². The number of hydrogen-bond acceptors (Lipinski definition) is 4. The van der Waals surface area contributed by atoms with Gasteiger partial charge in [-0.1, -0.05) is 41.4 Å². The third-order valence-electron chi connectivity index (χ3n) is 8.26. The van der Waals surface area contributed by atoms with Crippen LogP contribution in [0.25, 0.3) is 10.9 Å². The second kappa shape index (κ2) is 8.39. The monoisotopic (exact) mass is 562 g/mol. The van der Waals surface area contributed by atoms with E-state index >= 15 is 0 Å². The number of nitrogens with zero attached hydrogens (tertiary/aromatic N) is 1. The van der Waals surface area contributed by atoms with Gasteiger partial charge in [0.25, 0.3) is 0 Å². The molecule has 4 heterocycles. The SMILES string of the molecule is Cc1cc(Cl)cc2c1NC(=O)[C@]21N[C@@H](Cc2c[nH]c3ccccc23)[C@H]2C(=O)N(c3ccc(F)c(Cl)c3)C(=O)[C@H]21. The molecule has 0 saturated carbocycles. The minimum atomic E-state index is -1.52. The summed E-state index contributed by atoms with van der Waals surface area (Å²) in [5.74, 6) is -4.03. The highest BCUT2D eigenvalue weighted by Crippen LogP contribution is 2.55. The Balaban J connectivity index is 1.40. The number of aromatic amines is 1. The zero-order chi connectivity index (χ0) is 27.2. The number of benzene rings is 3. The van der Waals surface area contributed by atoms with Crippen molar-refractivity contribution >= 4 is 63.2 Å². The smallest absolute Gasteiger partial charge is 0.250 e. The molecule has 2 fully saturated rings. The van der Waals surface area contributed by atoms with E-state index in [1.54, 1.807) is 12.1 Å². The summed E-state index contributed by atoms with van der Waals surface area (Å²) >= 11 is 12.5. The molecule has 2 saturated heterocycles. The second-order valence-electron chi connectivity index (χ2n) is 10.3. The van der Waals surface area contributed by atoms with Crippen molar-refractivity contribution in [2.45, 2.75) is 24.9 Å². The molecule has 0 bridgehead atoms. The van der Waals surface area contributed by atoms with Crippen LogP contribution in [0.5, 0.6) is 0 Å². The van der Waals surface area contributed by atoms with Gasteiger partial charge in [-0.15, -0.1) is 0 Å². The van der Waals surface area contributed by atoms with E-state index in [2.05, 4.69) is 15.6 Å². The summed E-state index contributed by atoms with van der Waals surface area (Å²) in [5.41, 5.74) is 2.40. The van der Waals surface area contributed by atoms with Gasteiger partial charge < -0.3 is 10.3 Å². The van der Waals surface area contributed by atoms with Crippen molar-refractivity contribution in [1.29, 1.82) is 0 Å². The molecule has 3 aromatic carbocycles. The summed E-state index contributed by atoms with van der Waals surface area (Å²) < 4.78 is 13.9. The molecule has 3 N–H and O–H groups in total. The number of fused-ring (bicyclic) bond motifs is 5. The quantitative estimate of drug-likeness (QED) is 0.303. The molecular weight excluding hydrogens is 542 g/mol. The molecule has 3 amide bonds. The lowest BCUT2D eigenvalue weighted by Gasteiger charge is -2.29. The first-order chi connectivity index (χ1) is 18.7. The zero-order valence-electron chi connectivity index (χ0n) is 20.5. The van der Waals surface area contributed by atoms with Crippen molar-refractivity contribution in [3.63, 3.8) is 0 Å². The number of H-pyrrole nitrogens is 1. The van der Waals surface area contributed by atoms with Gasteiger partial charge in [-0.05, 0) is 60.9 Å². The van der Waals surface area contributed by atoms with Gasteiger partial charge in [-0.3, -0.25) is 19.7 Å². The highest BCUT2D eigenvalue weighted by Gasteiger charge is 2.70. The van der Waals surface area contributed by atoms with Crippen molar-refractivity contribution in [2.24, 2.45) is 11.8 Å². The van der Waals surface area contributed by atoms with Crippen LogP contribution in [0.15, 0.2) is 60.8 Å². The number of amides is 3. The fourth-order valence-electron chi connectivity index (χ4n) is 6.62. The van der Waals surface area contributed by atoms with Crippen LogP contribution in [0.4, 0.5) is 15.8 Å². The van der Waals surface area contributed by atoms with Crippen LogP contribution >= 0.6 is 23.2 Å². The van der Waals surface area contributed by atoms with Gasteiger partial charge in [0.1, 0.15) is 11.4 Å². The molecule has 39 heavy (non-hydrogen) atoms. The molecule has 196 valence electrons. The van der Waals surface area contributed by atoms with Gasteiger partial charge in [0.2, 0.25) is 17.7 Å². The number of carbonyl (C=O) groups is 3. The first kappa shape index (κ1) is 24.3. The van der Waals surface area contributed by atoms with Gasteiger partial charge in [0, 0.05) is 39.4 Å². The Labute approximate surface area is 232 Å². The number of aryl methyl sites for hydroxylation is 1. The Morgan fingerprint density at radius 1 is 1.03 bits per heavy atom. The average molecular weight is 563 g/mol. The maximum absolute atomic E-state index is 14.1. The van der Waals surface area contributed by atoms with Crippen LogP contribution in [0.1, 0.15) is 16.7 Å². The molecule has 1 aromatic heterocycles. The molecule has 0 aliphatic carbocycles. The number of para-hydroxylation sites is 1. The van der Waals surface area contributed by atoms with Crippen LogP contribution in [0.2, 0.25) is 10.0 Å². The summed E-state index contributed by atoms with van der Waals surface area (Å²) in [5, 5.41) is 7.58. The summed E-state index contributed by atoms with van der Waals surface area (Å²) in [6, 6.07) is 14.4. The average Bonchev–Trinajstić information content (AvgIpc) is 3.61. The number of imide groups is 1. The molecule has 3 aliphatic rings. The molecule has 0 unspecified atom stereocenters. The Kier molecular flexibility index (Phi) is 5.23. The number of nitrogens with one attached hydrogen (secondary N) is 3. The number of carbonyl (C=O) groups excluding carboxylic acids is 3. The van der Waals surface area contributed by atoms with Crippen LogP contribution in [0, 0.1) is 24.6 Å². The highest BCUT2D eigenvalue weighted by atomic mass is 35.5.